The average Bonchev–Trinajstić information content (AvgIpc) is 2.57. The highest BCUT2D eigenvalue weighted by atomic mass is 35.5. The first-order chi connectivity index (χ1) is 11.6. The monoisotopic (exact) mass is 359 g/mol. The summed E-state index contributed by atoms with van der Waals surface area (Å²) in [4.78, 5) is 13.0. The second kappa shape index (κ2) is 6.51. The Kier molecular flexibility index (Phi) is 4.38. The van der Waals surface area contributed by atoms with Crippen molar-refractivity contribution in [3.8, 4) is 0 Å². The van der Waals surface area contributed by atoms with Gasteiger partial charge in [0, 0.05) is 34.0 Å². The Morgan fingerprint density at radius 1 is 0.750 bits per heavy atom. The Morgan fingerprint density at radius 2 is 1.17 bits per heavy atom. The van der Waals surface area contributed by atoms with Crippen LogP contribution in [0.4, 0.5) is 0 Å². The highest BCUT2D eigenvalue weighted by Gasteiger charge is 2.46. The number of Topliss-reactive ketones (excluding diaryl/α,β-unsaturated/α-hetero) is 1. The molecule has 2 fully saturated rings. The van der Waals surface area contributed by atoms with E-state index in [1.165, 1.54) is 0 Å². The molecular formula is C20H19Cl2NO. The molecule has 4 atom stereocenters. The normalized spacial score (nSPS) is 29.5. The molecular weight excluding hydrogens is 341 g/mol. The summed E-state index contributed by atoms with van der Waals surface area (Å²) in [5, 5.41) is 5.19. The fourth-order valence-corrected chi connectivity index (χ4v) is 4.45. The van der Waals surface area contributed by atoms with Crippen molar-refractivity contribution in [2.24, 2.45) is 11.8 Å². The van der Waals surface area contributed by atoms with Crippen molar-refractivity contribution in [2.75, 3.05) is 0 Å². The van der Waals surface area contributed by atoms with Gasteiger partial charge in [0.25, 0.3) is 0 Å². The van der Waals surface area contributed by atoms with E-state index in [1.807, 2.05) is 48.5 Å². The van der Waals surface area contributed by atoms with Crippen LogP contribution in [0.25, 0.3) is 0 Å². The van der Waals surface area contributed by atoms with Gasteiger partial charge in [-0.3, -0.25) is 4.79 Å². The van der Waals surface area contributed by atoms with Crippen LogP contribution in [-0.4, -0.2) is 5.78 Å². The van der Waals surface area contributed by atoms with Crippen LogP contribution < -0.4 is 5.32 Å². The average molecular weight is 360 g/mol. The Labute approximate surface area is 152 Å². The number of carbonyl (C=O) groups is 1. The summed E-state index contributed by atoms with van der Waals surface area (Å²) in [6.45, 7) is 0. The second-order valence-electron chi connectivity index (χ2n) is 6.77. The highest BCUT2D eigenvalue weighted by Crippen LogP contribution is 2.45. The van der Waals surface area contributed by atoms with Gasteiger partial charge >= 0.3 is 0 Å². The number of hydrogen-bond donors (Lipinski definition) is 1. The summed E-state index contributed by atoms with van der Waals surface area (Å²) in [6, 6.07) is 15.8. The maximum Gasteiger partial charge on any atom is 0.142 e. The number of carbonyl (C=O) groups excluding carboxylic acids is 1. The summed E-state index contributed by atoms with van der Waals surface area (Å²) in [5.74, 6) is 0.529. The Balaban J connectivity index is 1.71. The van der Waals surface area contributed by atoms with Crippen molar-refractivity contribution in [1.29, 1.82) is 0 Å². The van der Waals surface area contributed by atoms with Gasteiger partial charge in [-0.05, 0) is 48.2 Å². The summed E-state index contributed by atoms with van der Waals surface area (Å²) < 4.78 is 0. The van der Waals surface area contributed by atoms with Crippen LogP contribution in [-0.2, 0) is 4.79 Å². The number of halogens is 2. The molecule has 24 heavy (non-hydrogen) atoms. The molecule has 0 aromatic heterocycles. The molecule has 0 amide bonds. The van der Waals surface area contributed by atoms with Crippen molar-refractivity contribution < 1.29 is 4.79 Å². The van der Waals surface area contributed by atoms with Gasteiger partial charge in [0.15, 0.2) is 0 Å². The predicted molar refractivity (Wildman–Crippen MR) is 97.4 cm³/mol. The van der Waals surface area contributed by atoms with Gasteiger partial charge in [-0.2, -0.15) is 0 Å². The van der Waals surface area contributed by atoms with Crippen LogP contribution in [0.5, 0.6) is 0 Å². The SMILES string of the molecule is O=C1[C@H]2CCC[C@@H]1[C@H](c1ccc(Cl)cc1)N[C@H]2c1ccc(Cl)cc1. The summed E-state index contributed by atoms with van der Waals surface area (Å²) in [7, 11) is 0. The lowest BCUT2D eigenvalue weighted by atomic mass is 9.67. The zero-order chi connectivity index (χ0) is 16.7. The van der Waals surface area contributed by atoms with Gasteiger partial charge in [-0.1, -0.05) is 53.9 Å². The molecule has 2 aromatic rings. The molecule has 1 saturated heterocycles. The number of rotatable bonds is 2. The van der Waals surface area contributed by atoms with Crippen molar-refractivity contribution in [3.63, 3.8) is 0 Å². The van der Waals surface area contributed by atoms with Crippen molar-refractivity contribution in [2.45, 2.75) is 31.3 Å². The van der Waals surface area contributed by atoms with E-state index in [2.05, 4.69) is 5.32 Å². The van der Waals surface area contributed by atoms with Crippen LogP contribution in [0.1, 0.15) is 42.5 Å². The topological polar surface area (TPSA) is 29.1 Å². The molecule has 0 radical (unpaired) electrons. The van der Waals surface area contributed by atoms with Gasteiger partial charge in [0.2, 0.25) is 0 Å². The fraction of sp³-hybridized carbons (Fsp3) is 0.350. The first kappa shape index (κ1) is 16.1. The van der Waals surface area contributed by atoms with Gasteiger partial charge in [-0.25, -0.2) is 0 Å². The van der Waals surface area contributed by atoms with Crippen molar-refractivity contribution in [1.82, 2.24) is 5.32 Å². The van der Waals surface area contributed by atoms with E-state index in [0.717, 1.165) is 40.4 Å². The highest BCUT2D eigenvalue weighted by molar-refractivity contribution is 6.30. The number of nitrogens with one attached hydrogen (secondary N) is 1. The van der Waals surface area contributed by atoms with E-state index in [4.69, 9.17) is 23.2 Å². The maximum absolute atomic E-state index is 13.0. The molecule has 2 aromatic carbocycles. The molecule has 1 heterocycles. The molecule has 2 bridgehead atoms. The van der Waals surface area contributed by atoms with Crippen molar-refractivity contribution in [3.05, 3.63) is 69.7 Å². The quantitative estimate of drug-likeness (QED) is 0.781. The van der Waals surface area contributed by atoms with E-state index in [9.17, 15) is 4.79 Å². The molecule has 1 aliphatic carbocycles. The second-order valence-corrected chi connectivity index (χ2v) is 7.64. The lowest BCUT2D eigenvalue weighted by Gasteiger charge is -2.45. The van der Waals surface area contributed by atoms with Crippen LogP contribution in [0, 0.1) is 11.8 Å². The number of hydrogen-bond acceptors (Lipinski definition) is 2. The fourth-order valence-electron chi connectivity index (χ4n) is 4.20. The Bertz CT molecular complexity index is 680. The van der Waals surface area contributed by atoms with Crippen molar-refractivity contribution >= 4 is 29.0 Å². The lowest BCUT2D eigenvalue weighted by Crippen LogP contribution is -2.50. The zero-order valence-electron chi connectivity index (χ0n) is 13.2. The third-order valence-electron chi connectivity index (χ3n) is 5.38. The lowest BCUT2D eigenvalue weighted by molar-refractivity contribution is -0.135. The third-order valence-corrected chi connectivity index (χ3v) is 5.89. The molecule has 1 saturated carbocycles. The molecule has 0 spiro atoms. The van der Waals surface area contributed by atoms with Gasteiger partial charge in [0.05, 0.1) is 0 Å². The molecule has 124 valence electrons. The van der Waals surface area contributed by atoms with E-state index >= 15 is 0 Å². The zero-order valence-corrected chi connectivity index (χ0v) is 14.7. The van der Waals surface area contributed by atoms with Crippen LogP contribution in [0.15, 0.2) is 48.5 Å². The van der Waals surface area contributed by atoms with Crippen LogP contribution in [0.3, 0.4) is 0 Å². The summed E-state index contributed by atoms with van der Waals surface area (Å²) >= 11 is 12.0. The minimum Gasteiger partial charge on any atom is -0.302 e. The smallest absolute Gasteiger partial charge is 0.142 e. The molecule has 1 N–H and O–H groups in total. The number of ketones is 1. The first-order valence-electron chi connectivity index (χ1n) is 8.44. The molecule has 1 aliphatic heterocycles. The summed E-state index contributed by atoms with van der Waals surface area (Å²) in [6.07, 6.45) is 3.03. The Hall–Kier alpha value is -1.35. The Morgan fingerprint density at radius 3 is 1.58 bits per heavy atom. The van der Waals surface area contributed by atoms with Crippen LogP contribution >= 0.6 is 23.2 Å². The van der Waals surface area contributed by atoms with Gasteiger partial charge in [-0.15, -0.1) is 0 Å². The van der Waals surface area contributed by atoms with E-state index in [1.54, 1.807) is 0 Å². The number of benzene rings is 2. The van der Waals surface area contributed by atoms with Gasteiger partial charge < -0.3 is 5.32 Å². The van der Waals surface area contributed by atoms with E-state index < -0.39 is 0 Å². The third kappa shape index (κ3) is 2.88. The maximum atomic E-state index is 13.0. The molecule has 2 aliphatic rings. The summed E-state index contributed by atoms with van der Waals surface area (Å²) in [5.41, 5.74) is 2.27. The first-order valence-corrected chi connectivity index (χ1v) is 9.20. The predicted octanol–water partition coefficient (Wildman–Crippen LogP) is 5.36. The number of piperidine rings is 1. The number of fused-ring (bicyclic) bond motifs is 2. The standard InChI is InChI=1S/C20H19Cl2NO/c21-14-8-4-12(5-9-14)18-16-2-1-3-17(20(16)24)19(23-18)13-6-10-15(22)11-7-13/h4-11,16-19,23H,1-3H2/t16-,17+,18-,19-/m0/s1. The van der Waals surface area contributed by atoms with E-state index in [0.29, 0.717) is 5.78 Å². The molecule has 4 heteroatoms. The molecule has 0 unspecified atom stereocenters. The van der Waals surface area contributed by atoms with E-state index in [-0.39, 0.29) is 23.9 Å². The molecule has 2 nitrogen and oxygen atoms in total. The minimum atomic E-state index is 0.0481. The van der Waals surface area contributed by atoms with Gasteiger partial charge in [0.1, 0.15) is 5.78 Å². The van der Waals surface area contributed by atoms with Crippen LogP contribution in [0.2, 0.25) is 10.0 Å². The minimum absolute atomic E-state index is 0.0481. The molecule has 4 rings (SSSR count). The largest absolute Gasteiger partial charge is 0.302 e.